The van der Waals surface area contributed by atoms with Crippen LogP contribution < -0.4 is 19.6 Å². The molecule has 0 aliphatic rings. The summed E-state index contributed by atoms with van der Waals surface area (Å²) in [4.78, 5) is 10.5. The van der Waals surface area contributed by atoms with Crippen LogP contribution in [0.5, 0.6) is 17.2 Å². The van der Waals surface area contributed by atoms with Crippen LogP contribution in [-0.2, 0) is 10.0 Å². The molecule has 3 N–H and O–H groups in total. The minimum Gasteiger partial charge on any atom is -0.504 e. The minimum absolute atomic E-state index is 0.0369. The Morgan fingerprint density at radius 2 is 1.88 bits per heavy atom. The van der Waals surface area contributed by atoms with Gasteiger partial charge in [-0.25, -0.2) is 8.42 Å². The zero-order valence-electron chi connectivity index (χ0n) is 18.3. The molecule has 0 atom stereocenters. The molecule has 0 bridgehead atoms. The van der Waals surface area contributed by atoms with Gasteiger partial charge in [0.1, 0.15) is 11.4 Å². The van der Waals surface area contributed by atoms with Crippen molar-refractivity contribution in [2.24, 2.45) is 5.10 Å². The number of methoxy groups -OCH3 is 1. The average Bonchev–Trinajstić information content (AvgIpc) is 2.81. The summed E-state index contributed by atoms with van der Waals surface area (Å²) >= 11 is 0. The Morgan fingerprint density at radius 1 is 1.15 bits per heavy atom. The third kappa shape index (κ3) is 5.72. The maximum Gasteiger partial charge on any atom is 0.295 e. The number of sulfonamides is 1. The van der Waals surface area contributed by atoms with Gasteiger partial charge in [-0.15, -0.1) is 0 Å². The molecular weight excluding hydrogens is 464 g/mol. The van der Waals surface area contributed by atoms with E-state index in [2.05, 4.69) is 15.2 Å². The molecule has 0 fully saturated rings. The van der Waals surface area contributed by atoms with Crippen molar-refractivity contribution in [3.05, 3.63) is 76.3 Å². The van der Waals surface area contributed by atoms with E-state index in [-0.39, 0.29) is 27.8 Å². The van der Waals surface area contributed by atoms with Gasteiger partial charge in [-0.1, -0.05) is 6.07 Å². The van der Waals surface area contributed by atoms with Crippen LogP contribution in [0.4, 0.5) is 17.1 Å². The lowest BCUT2D eigenvalue weighted by Gasteiger charge is -2.10. The van der Waals surface area contributed by atoms with E-state index in [1.165, 1.54) is 37.6 Å². The third-order valence-corrected chi connectivity index (χ3v) is 5.92. The Balaban J connectivity index is 1.82. The molecule has 0 radical (unpaired) electrons. The van der Waals surface area contributed by atoms with Crippen molar-refractivity contribution in [3.63, 3.8) is 0 Å². The minimum atomic E-state index is -4.09. The summed E-state index contributed by atoms with van der Waals surface area (Å²) in [5, 5.41) is 25.7. The highest BCUT2D eigenvalue weighted by molar-refractivity contribution is 7.92. The molecule has 34 heavy (non-hydrogen) atoms. The summed E-state index contributed by atoms with van der Waals surface area (Å²) in [6.45, 7) is 2.14. The smallest absolute Gasteiger partial charge is 0.295 e. The summed E-state index contributed by atoms with van der Waals surface area (Å²) in [6.07, 6.45) is 1.26. The van der Waals surface area contributed by atoms with Gasteiger partial charge in [0.2, 0.25) is 0 Å². The highest BCUT2D eigenvalue weighted by atomic mass is 32.2. The van der Waals surface area contributed by atoms with Crippen molar-refractivity contribution in [1.82, 2.24) is 0 Å². The van der Waals surface area contributed by atoms with Crippen molar-refractivity contribution in [3.8, 4) is 17.2 Å². The highest BCUT2D eigenvalue weighted by Gasteiger charge is 2.21. The summed E-state index contributed by atoms with van der Waals surface area (Å²) in [7, 11) is -2.61. The lowest BCUT2D eigenvalue weighted by molar-refractivity contribution is -0.384. The summed E-state index contributed by atoms with van der Waals surface area (Å²) < 4.78 is 38.1. The molecule has 0 aliphatic carbocycles. The number of aromatic hydroxyl groups is 1. The van der Waals surface area contributed by atoms with Crippen molar-refractivity contribution < 1.29 is 27.9 Å². The summed E-state index contributed by atoms with van der Waals surface area (Å²) in [5.41, 5.74) is 2.57. The highest BCUT2D eigenvalue weighted by Crippen LogP contribution is 2.30. The summed E-state index contributed by atoms with van der Waals surface area (Å²) in [6, 6.07) is 14.4. The fraction of sp³-hybridized carbons (Fsp3) is 0.136. The van der Waals surface area contributed by atoms with Gasteiger partial charge < -0.3 is 14.6 Å². The third-order valence-electron chi connectivity index (χ3n) is 4.54. The van der Waals surface area contributed by atoms with E-state index in [1.807, 2.05) is 0 Å². The maximum absolute atomic E-state index is 12.7. The standard InChI is InChI=1S/C22H22N4O7S/c1-3-33-21-6-4-5-15(22(21)27)14-23-24-19-12-11-18(13-20(19)26(28)29)34(30,31)25-16-7-9-17(32-2)10-8-16/h4-14,24-25,27H,3H2,1-2H3/b23-14-. The van der Waals surface area contributed by atoms with Crippen LogP contribution in [0.1, 0.15) is 12.5 Å². The van der Waals surface area contributed by atoms with Crippen LogP contribution in [0.2, 0.25) is 0 Å². The first-order valence-corrected chi connectivity index (χ1v) is 11.4. The van der Waals surface area contributed by atoms with E-state index in [1.54, 1.807) is 37.3 Å². The second-order valence-electron chi connectivity index (χ2n) is 6.77. The zero-order valence-corrected chi connectivity index (χ0v) is 19.1. The van der Waals surface area contributed by atoms with Crippen LogP contribution in [0.25, 0.3) is 0 Å². The van der Waals surface area contributed by atoms with Crippen LogP contribution in [-0.4, -0.2) is 38.4 Å². The number of nitrogens with zero attached hydrogens (tertiary/aromatic N) is 2. The molecule has 178 valence electrons. The van der Waals surface area contributed by atoms with Gasteiger partial charge in [0.25, 0.3) is 15.7 Å². The normalized spacial score (nSPS) is 11.2. The van der Waals surface area contributed by atoms with Gasteiger partial charge in [0.05, 0.1) is 29.8 Å². The van der Waals surface area contributed by atoms with Gasteiger partial charge in [-0.3, -0.25) is 20.3 Å². The first kappa shape index (κ1) is 24.3. The van der Waals surface area contributed by atoms with Crippen LogP contribution in [0, 0.1) is 10.1 Å². The molecule has 0 unspecified atom stereocenters. The number of ether oxygens (including phenoxy) is 2. The topological polar surface area (TPSA) is 152 Å². The number of nitrogens with one attached hydrogen (secondary N) is 2. The number of hydrazone groups is 1. The fourth-order valence-corrected chi connectivity index (χ4v) is 3.96. The number of anilines is 2. The van der Waals surface area contributed by atoms with Gasteiger partial charge >= 0.3 is 0 Å². The first-order valence-electron chi connectivity index (χ1n) is 9.94. The van der Waals surface area contributed by atoms with E-state index in [9.17, 15) is 23.6 Å². The van der Waals surface area contributed by atoms with Crippen molar-refractivity contribution in [1.29, 1.82) is 0 Å². The number of nitro benzene ring substituents is 1. The molecule has 0 aromatic heterocycles. The van der Waals surface area contributed by atoms with E-state index in [0.717, 1.165) is 6.07 Å². The first-order chi connectivity index (χ1) is 16.2. The van der Waals surface area contributed by atoms with Gasteiger partial charge in [0, 0.05) is 17.3 Å². The molecule has 0 saturated carbocycles. The number of phenols is 1. The Morgan fingerprint density at radius 3 is 2.53 bits per heavy atom. The van der Waals surface area contributed by atoms with Gasteiger partial charge in [-0.05, 0) is 55.5 Å². The predicted octanol–water partition coefficient (Wildman–Crippen LogP) is 3.95. The average molecular weight is 487 g/mol. The predicted molar refractivity (Wildman–Crippen MR) is 127 cm³/mol. The number of benzene rings is 3. The number of rotatable bonds is 10. The molecular formula is C22H22N4O7S. The van der Waals surface area contributed by atoms with Crippen molar-refractivity contribution in [2.45, 2.75) is 11.8 Å². The number of phenolic OH excluding ortho intramolecular Hbond substituents is 1. The number of hydrogen-bond acceptors (Lipinski definition) is 9. The van der Waals surface area contributed by atoms with E-state index in [0.29, 0.717) is 17.9 Å². The molecule has 0 aliphatic heterocycles. The second-order valence-corrected chi connectivity index (χ2v) is 8.45. The molecule has 3 rings (SSSR count). The quantitative estimate of drug-likeness (QED) is 0.221. The largest absolute Gasteiger partial charge is 0.504 e. The number of hydrogen-bond donors (Lipinski definition) is 3. The number of para-hydroxylation sites is 1. The van der Waals surface area contributed by atoms with E-state index < -0.39 is 20.6 Å². The van der Waals surface area contributed by atoms with Crippen LogP contribution in [0.3, 0.4) is 0 Å². The summed E-state index contributed by atoms with van der Waals surface area (Å²) in [5.74, 6) is 0.694. The maximum atomic E-state index is 12.7. The monoisotopic (exact) mass is 486 g/mol. The molecule has 3 aromatic rings. The van der Waals surface area contributed by atoms with E-state index in [4.69, 9.17) is 9.47 Å². The second kappa shape index (κ2) is 10.5. The Hall–Kier alpha value is -4.32. The Bertz CT molecular complexity index is 1310. The molecule has 0 spiro atoms. The lowest BCUT2D eigenvalue weighted by atomic mass is 10.2. The SMILES string of the molecule is CCOc1cccc(/C=N\Nc2ccc(S(=O)(=O)Nc3ccc(OC)cc3)cc2[N+](=O)[O-])c1O. The Labute approximate surface area is 195 Å². The molecule has 11 nitrogen and oxygen atoms in total. The molecule has 3 aromatic carbocycles. The van der Waals surface area contributed by atoms with Crippen molar-refractivity contribution in [2.75, 3.05) is 23.9 Å². The van der Waals surface area contributed by atoms with Gasteiger partial charge in [-0.2, -0.15) is 5.10 Å². The van der Waals surface area contributed by atoms with Gasteiger partial charge in [0.15, 0.2) is 11.5 Å². The lowest BCUT2D eigenvalue weighted by Crippen LogP contribution is -2.13. The Kier molecular flexibility index (Phi) is 7.53. The van der Waals surface area contributed by atoms with Crippen LogP contribution >= 0.6 is 0 Å². The zero-order chi connectivity index (χ0) is 24.7. The molecule has 12 heteroatoms. The molecule has 0 heterocycles. The fourth-order valence-electron chi connectivity index (χ4n) is 2.88. The number of nitro groups is 1. The van der Waals surface area contributed by atoms with Crippen LogP contribution in [0.15, 0.2) is 70.7 Å². The van der Waals surface area contributed by atoms with Crippen molar-refractivity contribution >= 4 is 33.3 Å². The van der Waals surface area contributed by atoms with E-state index >= 15 is 0 Å². The molecule has 0 saturated heterocycles. The molecule has 0 amide bonds.